The third-order valence-electron chi connectivity index (χ3n) is 4.96. The highest BCUT2D eigenvalue weighted by molar-refractivity contribution is 5.92. The van der Waals surface area contributed by atoms with E-state index in [-0.39, 0.29) is 23.4 Å². The van der Waals surface area contributed by atoms with Crippen LogP contribution in [0.15, 0.2) is 6.07 Å². The molecule has 1 fully saturated rings. The van der Waals surface area contributed by atoms with Crippen LogP contribution < -0.4 is 5.32 Å². The highest BCUT2D eigenvalue weighted by Gasteiger charge is 2.27. The SMILES string of the molecule is CC(C)CC(=O)N1CCC(NC(=O)c2cc(C(C)C)n(C(C)(C)C)n2)CC1. The highest BCUT2D eigenvalue weighted by atomic mass is 16.2. The fraction of sp³-hybridized carbons (Fsp3) is 0.762. The molecule has 27 heavy (non-hydrogen) atoms. The number of nitrogens with one attached hydrogen (secondary N) is 1. The Hall–Kier alpha value is -1.85. The number of piperidine rings is 1. The lowest BCUT2D eigenvalue weighted by molar-refractivity contribution is -0.133. The Kier molecular flexibility index (Phi) is 6.71. The Bertz CT molecular complexity index is 662. The molecule has 0 atom stereocenters. The van der Waals surface area contributed by atoms with Gasteiger partial charge in [0.05, 0.1) is 5.54 Å². The second-order valence-corrected chi connectivity index (χ2v) is 9.42. The Balaban J connectivity index is 1.98. The molecular weight excluding hydrogens is 340 g/mol. The number of carbonyl (C=O) groups is 2. The van der Waals surface area contributed by atoms with E-state index in [0.29, 0.717) is 37.0 Å². The van der Waals surface area contributed by atoms with E-state index in [1.807, 2.05) is 15.6 Å². The first kappa shape index (κ1) is 21.5. The maximum Gasteiger partial charge on any atom is 0.272 e. The average molecular weight is 377 g/mol. The Labute approximate surface area is 163 Å². The number of hydrogen-bond acceptors (Lipinski definition) is 3. The van der Waals surface area contributed by atoms with Crippen LogP contribution in [0, 0.1) is 5.92 Å². The quantitative estimate of drug-likeness (QED) is 0.855. The zero-order valence-electron chi connectivity index (χ0n) is 18.0. The molecule has 1 aromatic rings. The molecule has 0 saturated carbocycles. The summed E-state index contributed by atoms with van der Waals surface area (Å²) in [5, 5.41) is 7.70. The van der Waals surface area contributed by atoms with Gasteiger partial charge in [-0.3, -0.25) is 14.3 Å². The van der Waals surface area contributed by atoms with E-state index >= 15 is 0 Å². The molecule has 0 aromatic carbocycles. The van der Waals surface area contributed by atoms with Crippen molar-refractivity contribution in [3.8, 4) is 0 Å². The second kappa shape index (κ2) is 8.44. The number of nitrogens with zero attached hydrogens (tertiary/aromatic N) is 3. The molecule has 1 aliphatic rings. The molecule has 0 aliphatic carbocycles. The molecule has 2 amide bonds. The predicted octanol–water partition coefficient (Wildman–Crippen LogP) is 3.53. The monoisotopic (exact) mass is 376 g/mol. The van der Waals surface area contributed by atoms with Gasteiger partial charge >= 0.3 is 0 Å². The predicted molar refractivity (Wildman–Crippen MR) is 108 cm³/mol. The largest absolute Gasteiger partial charge is 0.348 e. The van der Waals surface area contributed by atoms with E-state index in [2.05, 4.69) is 58.9 Å². The molecule has 6 heteroatoms. The number of hydrogen-bond donors (Lipinski definition) is 1. The van der Waals surface area contributed by atoms with Crippen molar-refractivity contribution in [2.24, 2.45) is 5.92 Å². The van der Waals surface area contributed by atoms with Crippen LogP contribution in [0.5, 0.6) is 0 Å². The van der Waals surface area contributed by atoms with Gasteiger partial charge in [-0.15, -0.1) is 0 Å². The van der Waals surface area contributed by atoms with Gasteiger partial charge in [-0.25, -0.2) is 0 Å². The van der Waals surface area contributed by atoms with Crippen LogP contribution in [0.2, 0.25) is 0 Å². The van der Waals surface area contributed by atoms with Crippen LogP contribution >= 0.6 is 0 Å². The van der Waals surface area contributed by atoms with E-state index < -0.39 is 0 Å². The van der Waals surface area contributed by atoms with Crippen molar-refractivity contribution in [3.63, 3.8) is 0 Å². The van der Waals surface area contributed by atoms with Gasteiger partial charge in [0.2, 0.25) is 5.91 Å². The molecule has 2 heterocycles. The van der Waals surface area contributed by atoms with E-state index in [1.165, 1.54) is 0 Å². The van der Waals surface area contributed by atoms with Crippen LogP contribution in [0.4, 0.5) is 0 Å². The van der Waals surface area contributed by atoms with Gasteiger partial charge in [0.25, 0.3) is 5.91 Å². The van der Waals surface area contributed by atoms with Gasteiger partial charge < -0.3 is 10.2 Å². The first-order chi connectivity index (χ1) is 12.5. The second-order valence-electron chi connectivity index (χ2n) is 9.42. The molecule has 6 nitrogen and oxygen atoms in total. The van der Waals surface area contributed by atoms with Crippen molar-refractivity contribution < 1.29 is 9.59 Å². The minimum Gasteiger partial charge on any atom is -0.348 e. The maximum absolute atomic E-state index is 12.7. The zero-order chi connectivity index (χ0) is 20.4. The minimum absolute atomic E-state index is 0.0999. The molecular formula is C21H36N4O2. The average Bonchev–Trinajstić information content (AvgIpc) is 3.01. The summed E-state index contributed by atoms with van der Waals surface area (Å²) in [6, 6.07) is 2.01. The molecule has 0 bridgehead atoms. The third-order valence-corrected chi connectivity index (χ3v) is 4.96. The van der Waals surface area contributed by atoms with Gasteiger partial charge in [0, 0.05) is 31.2 Å². The summed E-state index contributed by atoms with van der Waals surface area (Å²) in [5.41, 5.74) is 1.38. The summed E-state index contributed by atoms with van der Waals surface area (Å²) in [7, 11) is 0. The normalized spacial score (nSPS) is 16.3. The molecule has 1 aliphatic heterocycles. The van der Waals surface area contributed by atoms with Crippen molar-refractivity contribution in [2.75, 3.05) is 13.1 Å². The van der Waals surface area contributed by atoms with Crippen LogP contribution in [0.3, 0.4) is 0 Å². The van der Waals surface area contributed by atoms with Gasteiger partial charge in [-0.1, -0.05) is 27.7 Å². The molecule has 2 rings (SSSR count). The Morgan fingerprint density at radius 2 is 1.78 bits per heavy atom. The number of likely N-dealkylation sites (tertiary alicyclic amines) is 1. The smallest absolute Gasteiger partial charge is 0.272 e. The standard InChI is InChI=1S/C21H36N4O2/c1-14(2)12-19(26)24-10-8-16(9-11-24)22-20(27)17-13-18(15(3)4)25(23-17)21(5,6)7/h13-16H,8-12H2,1-7H3,(H,22,27). The number of amides is 2. The van der Waals surface area contributed by atoms with Crippen molar-refractivity contribution >= 4 is 11.8 Å². The summed E-state index contributed by atoms with van der Waals surface area (Å²) >= 11 is 0. The topological polar surface area (TPSA) is 67.2 Å². The summed E-state index contributed by atoms with van der Waals surface area (Å²) in [5.74, 6) is 0.781. The fourth-order valence-corrected chi connectivity index (χ4v) is 3.47. The van der Waals surface area contributed by atoms with E-state index in [1.54, 1.807) is 0 Å². The number of aromatic nitrogens is 2. The van der Waals surface area contributed by atoms with E-state index in [9.17, 15) is 9.59 Å². The van der Waals surface area contributed by atoms with Gasteiger partial charge in [-0.2, -0.15) is 5.10 Å². The maximum atomic E-state index is 12.7. The third kappa shape index (κ3) is 5.56. The van der Waals surface area contributed by atoms with Crippen molar-refractivity contribution in [2.45, 2.75) is 85.2 Å². The van der Waals surface area contributed by atoms with Crippen LogP contribution in [0.1, 0.15) is 89.8 Å². The zero-order valence-corrected chi connectivity index (χ0v) is 18.0. The summed E-state index contributed by atoms with van der Waals surface area (Å²) < 4.78 is 1.96. The summed E-state index contributed by atoms with van der Waals surface area (Å²) in [6.45, 7) is 16.1. The van der Waals surface area contributed by atoms with Gasteiger partial charge in [0.1, 0.15) is 5.69 Å². The van der Waals surface area contributed by atoms with Crippen molar-refractivity contribution in [3.05, 3.63) is 17.5 Å². The van der Waals surface area contributed by atoms with Gasteiger partial charge in [0.15, 0.2) is 0 Å². The first-order valence-electron chi connectivity index (χ1n) is 10.2. The molecule has 0 spiro atoms. The minimum atomic E-state index is -0.166. The molecule has 1 N–H and O–H groups in total. The van der Waals surface area contributed by atoms with Crippen LogP contribution in [0.25, 0.3) is 0 Å². The molecule has 1 saturated heterocycles. The van der Waals surface area contributed by atoms with Crippen molar-refractivity contribution in [1.29, 1.82) is 0 Å². The Morgan fingerprint density at radius 3 is 2.22 bits per heavy atom. The van der Waals surface area contributed by atoms with Gasteiger partial charge in [-0.05, 0) is 51.5 Å². The Morgan fingerprint density at radius 1 is 1.19 bits per heavy atom. The number of rotatable bonds is 5. The summed E-state index contributed by atoms with van der Waals surface area (Å²) in [6.07, 6.45) is 2.19. The summed E-state index contributed by atoms with van der Waals surface area (Å²) in [4.78, 5) is 26.8. The van der Waals surface area contributed by atoms with E-state index in [0.717, 1.165) is 18.5 Å². The highest BCUT2D eigenvalue weighted by Crippen LogP contribution is 2.24. The number of carbonyl (C=O) groups excluding carboxylic acids is 2. The van der Waals surface area contributed by atoms with Crippen molar-refractivity contribution in [1.82, 2.24) is 20.0 Å². The fourth-order valence-electron chi connectivity index (χ4n) is 3.47. The molecule has 152 valence electrons. The molecule has 0 radical (unpaired) electrons. The molecule has 0 unspecified atom stereocenters. The lowest BCUT2D eigenvalue weighted by Crippen LogP contribution is -2.46. The molecule has 1 aromatic heterocycles. The van der Waals surface area contributed by atoms with Crippen LogP contribution in [-0.4, -0.2) is 45.6 Å². The lowest BCUT2D eigenvalue weighted by Gasteiger charge is -2.32. The first-order valence-corrected chi connectivity index (χ1v) is 10.2. The van der Waals surface area contributed by atoms with Crippen LogP contribution in [-0.2, 0) is 10.3 Å². The van der Waals surface area contributed by atoms with E-state index in [4.69, 9.17) is 0 Å². The lowest BCUT2D eigenvalue weighted by atomic mass is 10.0.